The number of hydrogen-bond donors (Lipinski definition) is 3. The van der Waals surface area contributed by atoms with Crippen molar-refractivity contribution in [1.82, 2.24) is 4.98 Å². The van der Waals surface area contributed by atoms with E-state index in [0.29, 0.717) is 11.3 Å². The van der Waals surface area contributed by atoms with Gasteiger partial charge >= 0.3 is 5.97 Å². The number of aliphatic carboxylic acids is 1. The van der Waals surface area contributed by atoms with Gasteiger partial charge in [-0.1, -0.05) is 18.2 Å². The molecule has 0 spiro atoms. The summed E-state index contributed by atoms with van der Waals surface area (Å²) in [7, 11) is 0. The van der Waals surface area contributed by atoms with Crippen LogP contribution >= 0.6 is 0 Å². The highest BCUT2D eigenvalue weighted by molar-refractivity contribution is 6.01. The Morgan fingerprint density at radius 2 is 2.06 bits per heavy atom. The molecule has 1 aromatic heterocycles. The lowest BCUT2D eigenvalue weighted by atomic mass is 10.0. The molecular formula is C13H14N2O3. The third-order valence-corrected chi connectivity index (χ3v) is 2.91. The normalized spacial score (nSPS) is 12.6. The first-order valence-corrected chi connectivity index (χ1v) is 5.59. The highest BCUT2D eigenvalue weighted by Crippen LogP contribution is 2.23. The smallest absolute Gasteiger partial charge is 0.320 e. The Labute approximate surface area is 104 Å². The number of carbonyl (C=O) groups is 2. The highest BCUT2D eigenvalue weighted by Gasteiger charge is 2.20. The largest absolute Gasteiger partial charge is 0.480 e. The summed E-state index contributed by atoms with van der Waals surface area (Å²) in [5.74, 6) is -1.20. The molecule has 0 aliphatic carbocycles. The Hall–Kier alpha value is -2.14. The standard InChI is InChI=1S/C13H14N2O3/c1-7(16)12-9(6-10(14)13(17)18)8-4-2-3-5-11(8)15-12/h2-5,10,15H,6,14H2,1H3,(H,17,18)/t10-/m0/s1. The molecule has 1 heterocycles. The Morgan fingerprint density at radius 3 is 2.67 bits per heavy atom. The molecule has 0 saturated heterocycles. The Kier molecular flexibility index (Phi) is 3.16. The van der Waals surface area contributed by atoms with Gasteiger partial charge in [0.25, 0.3) is 0 Å². The molecule has 0 saturated carbocycles. The number of benzene rings is 1. The van der Waals surface area contributed by atoms with Crippen LogP contribution in [0.15, 0.2) is 24.3 Å². The average molecular weight is 246 g/mol. The average Bonchev–Trinajstić information content (AvgIpc) is 2.68. The predicted molar refractivity (Wildman–Crippen MR) is 67.6 cm³/mol. The summed E-state index contributed by atoms with van der Waals surface area (Å²) >= 11 is 0. The first-order valence-electron chi connectivity index (χ1n) is 5.59. The number of carboxylic acids is 1. The van der Waals surface area contributed by atoms with Gasteiger partial charge in [0.15, 0.2) is 5.78 Å². The molecule has 0 aliphatic rings. The van der Waals surface area contributed by atoms with E-state index in [1.165, 1.54) is 6.92 Å². The molecule has 18 heavy (non-hydrogen) atoms. The highest BCUT2D eigenvalue weighted by atomic mass is 16.4. The summed E-state index contributed by atoms with van der Waals surface area (Å²) in [6.07, 6.45) is 0.133. The zero-order valence-electron chi connectivity index (χ0n) is 9.93. The second-order valence-corrected chi connectivity index (χ2v) is 4.23. The third kappa shape index (κ3) is 2.12. The number of para-hydroxylation sites is 1. The fourth-order valence-corrected chi connectivity index (χ4v) is 2.02. The maximum Gasteiger partial charge on any atom is 0.320 e. The molecule has 4 N–H and O–H groups in total. The maximum atomic E-state index is 11.6. The molecule has 1 atom stereocenters. The summed E-state index contributed by atoms with van der Waals surface area (Å²) in [5, 5.41) is 9.71. The van der Waals surface area contributed by atoms with Crippen molar-refractivity contribution in [2.24, 2.45) is 5.73 Å². The first kappa shape index (κ1) is 12.3. The van der Waals surface area contributed by atoms with Gasteiger partial charge in [-0.15, -0.1) is 0 Å². The van der Waals surface area contributed by atoms with Gasteiger partial charge in [0, 0.05) is 24.2 Å². The number of ketones is 1. The number of Topliss-reactive ketones (excluding diaryl/α,β-unsaturated/α-hetero) is 1. The van der Waals surface area contributed by atoms with E-state index in [1.54, 1.807) is 0 Å². The molecule has 0 fully saturated rings. The van der Waals surface area contributed by atoms with Crippen molar-refractivity contribution < 1.29 is 14.7 Å². The fourth-order valence-electron chi connectivity index (χ4n) is 2.02. The van der Waals surface area contributed by atoms with E-state index in [-0.39, 0.29) is 12.2 Å². The Bertz CT molecular complexity index is 616. The van der Waals surface area contributed by atoms with Crippen molar-refractivity contribution in [3.8, 4) is 0 Å². The van der Waals surface area contributed by atoms with Gasteiger partial charge in [-0.25, -0.2) is 0 Å². The maximum absolute atomic E-state index is 11.6. The number of nitrogens with one attached hydrogen (secondary N) is 1. The van der Waals surface area contributed by atoms with Crippen LogP contribution in [0.1, 0.15) is 23.0 Å². The van der Waals surface area contributed by atoms with Crippen LogP contribution in [-0.2, 0) is 11.2 Å². The summed E-state index contributed by atoms with van der Waals surface area (Å²) in [4.78, 5) is 25.4. The number of carbonyl (C=O) groups excluding carboxylic acids is 1. The van der Waals surface area contributed by atoms with E-state index in [9.17, 15) is 9.59 Å². The van der Waals surface area contributed by atoms with Crippen molar-refractivity contribution in [1.29, 1.82) is 0 Å². The quantitative estimate of drug-likeness (QED) is 0.709. The van der Waals surface area contributed by atoms with Gasteiger partial charge in [-0.3, -0.25) is 9.59 Å². The molecule has 94 valence electrons. The summed E-state index contributed by atoms with van der Waals surface area (Å²) in [6, 6.07) is 6.38. The van der Waals surface area contributed by atoms with Crippen LogP contribution in [0.5, 0.6) is 0 Å². The van der Waals surface area contributed by atoms with Crippen LogP contribution in [0, 0.1) is 0 Å². The van der Waals surface area contributed by atoms with Crippen molar-refractivity contribution in [2.75, 3.05) is 0 Å². The van der Waals surface area contributed by atoms with Crippen LogP contribution in [0.2, 0.25) is 0 Å². The third-order valence-electron chi connectivity index (χ3n) is 2.91. The van der Waals surface area contributed by atoms with Crippen molar-refractivity contribution >= 4 is 22.7 Å². The number of rotatable bonds is 4. The molecule has 5 heteroatoms. The Morgan fingerprint density at radius 1 is 1.39 bits per heavy atom. The van der Waals surface area contributed by atoms with E-state index >= 15 is 0 Å². The number of aromatic amines is 1. The topological polar surface area (TPSA) is 96.2 Å². The number of H-pyrrole nitrogens is 1. The molecule has 1 aromatic carbocycles. The number of aromatic nitrogens is 1. The molecule has 2 rings (SSSR count). The Balaban J connectivity index is 2.55. The molecule has 0 aliphatic heterocycles. The predicted octanol–water partition coefficient (Wildman–Crippen LogP) is 1.32. The number of fused-ring (bicyclic) bond motifs is 1. The van der Waals surface area contributed by atoms with E-state index in [0.717, 1.165) is 10.9 Å². The SMILES string of the molecule is CC(=O)c1[nH]c2ccccc2c1C[C@H](N)C(=O)O. The minimum atomic E-state index is -1.07. The minimum Gasteiger partial charge on any atom is -0.480 e. The molecule has 0 unspecified atom stereocenters. The van der Waals surface area contributed by atoms with Crippen molar-refractivity contribution in [2.45, 2.75) is 19.4 Å². The zero-order valence-corrected chi connectivity index (χ0v) is 9.93. The molecule has 5 nitrogen and oxygen atoms in total. The molecular weight excluding hydrogens is 232 g/mol. The van der Waals surface area contributed by atoms with Gasteiger partial charge in [0.05, 0.1) is 5.69 Å². The molecule has 2 aromatic rings. The lowest BCUT2D eigenvalue weighted by Gasteiger charge is -2.06. The van der Waals surface area contributed by atoms with Crippen molar-refractivity contribution in [3.05, 3.63) is 35.5 Å². The van der Waals surface area contributed by atoms with E-state index in [1.807, 2.05) is 24.3 Å². The van der Waals surface area contributed by atoms with Crippen molar-refractivity contribution in [3.63, 3.8) is 0 Å². The summed E-state index contributed by atoms with van der Waals surface area (Å²) < 4.78 is 0. The first-order chi connectivity index (χ1) is 8.50. The van der Waals surface area contributed by atoms with Gasteiger partial charge in [-0.05, 0) is 11.6 Å². The lowest BCUT2D eigenvalue weighted by molar-refractivity contribution is -0.138. The summed E-state index contributed by atoms with van der Waals surface area (Å²) in [5.41, 5.74) is 7.47. The molecule has 0 amide bonds. The molecule has 0 radical (unpaired) electrons. The second-order valence-electron chi connectivity index (χ2n) is 4.23. The van der Waals surface area contributed by atoms with Crippen LogP contribution in [0.4, 0.5) is 0 Å². The fraction of sp³-hybridized carbons (Fsp3) is 0.231. The zero-order chi connectivity index (χ0) is 13.3. The van der Waals surface area contributed by atoms with Crippen LogP contribution in [-0.4, -0.2) is 27.9 Å². The van der Waals surface area contributed by atoms with E-state index < -0.39 is 12.0 Å². The lowest BCUT2D eigenvalue weighted by Crippen LogP contribution is -2.32. The van der Waals surface area contributed by atoms with Gasteiger partial charge in [-0.2, -0.15) is 0 Å². The number of nitrogens with two attached hydrogens (primary N) is 1. The number of hydrogen-bond acceptors (Lipinski definition) is 3. The van der Waals surface area contributed by atoms with Crippen LogP contribution in [0.3, 0.4) is 0 Å². The van der Waals surface area contributed by atoms with Gasteiger partial charge < -0.3 is 15.8 Å². The second kappa shape index (κ2) is 4.62. The molecule has 0 bridgehead atoms. The van der Waals surface area contributed by atoms with Crippen LogP contribution in [0.25, 0.3) is 10.9 Å². The number of carboxylic acid groups (broad SMARTS) is 1. The van der Waals surface area contributed by atoms with Gasteiger partial charge in [0.1, 0.15) is 6.04 Å². The summed E-state index contributed by atoms with van der Waals surface area (Å²) in [6.45, 7) is 1.44. The monoisotopic (exact) mass is 246 g/mol. The van der Waals surface area contributed by atoms with E-state index in [2.05, 4.69) is 4.98 Å². The van der Waals surface area contributed by atoms with Gasteiger partial charge in [0.2, 0.25) is 0 Å². The van der Waals surface area contributed by atoms with E-state index in [4.69, 9.17) is 10.8 Å². The minimum absolute atomic E-state index is 0.126. The van der Waals surface area contributed by atoms with Crippen LogP contribution < -0.4 is 5.73 Å².